The first kappa shape index (κ1) is 15.5. The van der Waals surface area contributed by atoms with E-state index in [1.165, 1.54) is 19.3 Å². The molecule has 1 aromatic carbocycles. The SMILES string of the molecule is C[C@H]1CCCC[C@H]1NC(=O)COc1cc(Cl)ccc1Cl. The largest absolute Gasteiger partial charge is 0.482 e. The number of amides is 1. The summed E-state index contributed by atoms with van der Waals surface area (Å²) in [6, 6.07) is 5.20. The molecule has 0 aromatic heterocycles. The quantitative estimate of drug-likeness (QED) is 0.909. The number of ether oxygens (including phenoxy) is 1. The average Bonchev–Trinajstić information content (AvgIpc) is 2.42. The molecule has 0 spiro atoms. The minimum Gasteiger partial charge on any atom is -0.482 e. The molecule has 1 aliphatic carbocycles. The molecule has 1 aliphatic rings. The highest BCUT2D eigenvalue weighted by Crippen LogP contribution is 2.27. The van der Waals surface area contributed by atoms with Crippen molar-refractivity contribution in [1.29, 1.82) is 0 Å². The third kappa shape index (κ3) is 4.29. The lowest BCUT2D eigenvalue weighted by Crippen LogP contribution is -2.43. The predicted octanol–water partition coefficient (Wildman–Crippen LogP) is 4.07. The summed E-state index contributed by atoms with van der Waals surface area (Å²) in [5.41, 5.74) is 0. The van der Waals surface area contributed by atoms with E-state index in [-0.39, 0.29) is 18.6 Å². The number of hydrogen-bond donors (Lipinski definition) is 1. The number of benzene rings is 1. The molecule has 3 nitrogen and oxygen atoms in total. The van der Waals surface area contributed by atoms with Crippen LogP contribution in [0.4, 0.5) is 0 Å². The molecule has 2 atom stereocenters. The normalized spacial score (nSPS) is 22.4. The Kier molecular flexibility index (Phi) is 5.55. The van der Waals surface area contributed by atoms with Crippen molar-refractivity contribution >= 4 is 29.1 Å². The monoisotopic (exact) mass is 315 g/mol. The van der Waals surface area contributed by atoms with Crippen LogP contribution in [0.25, 0.3) is 0 Å². The summed E-state index contributed by atoms with van der Waals surface area (Å²) in [6.07, 6.45) is 4.65. The lowest BCUT2D eigenvalue weighted by Gasteiger charge is -2.29. The van der Waals surface area contributed by atoms with Crippen LogP contribution in [0, 0.1) is 5.92 Å². The zero-order valence-electron chi connectivity index (χ0n) is 11.5. The molecule has 0 unspecified atom stereocenters. The summed E-state index contributed by atoms with van der Waals surface area (Å²) in [5.74, 6) is 0.855. The van der Waals surface area contributed by atoms with Gasteiger partial charge in [-0.05, 0) is 30.9 Å². The molecule has 0 saturated heterocycles. The van der Waals surface area contributed by atoms with E-state index in [0.717, 1.165) is 6.42 Å². The van der Waals surface area contributed by atoms with E-state index in [1.54, 1.807) is 18.2 Å². The fourth-order valence-corrected chi connectivity index (χ4v) is 2.84. The van der Waals surface area contributed by atoms with Crippen LogP contribution in [0.3, 0.4) is 0 Å². The molecular formula is C15H19Cl2NO2. The number of halogens is 2. The molecular weight excluding hydrogens is 297 g/mol. The maximum absolute atomic E-state index is 11.9. The van der Waals surface area contributed by atoms with Gasteiger partial charge in [-0.2, -0.15) is 0 Å². The van der Waals surface area contributed by atoms with E-state index >= 15 is 0 Å². The highest BCUT2D eigenvalue weighted by Gasteiger charge is 2.22. The maximum atomic E-state index is 11.9. The van der Waals surface area contributed by atoms with Gasteiger partial charge in [-0.3, -0.25) is 4.79 Å². The topological polar surface area (TPSA) is 38.3 Å². The predicted molar refractivity (Wildman–Crippen MR) is 81.5 cm³/mol. The molecule has 0 aliphatic heterocycles. The first-order valence-corrected chi connectivity index (χ1v) is 7.69. The summed E-state index contributed by atoms with van der Waals surface area (Å²) in [5, 5.41) is 4.02. The van der Waals surface area contributed by atoms with Crippen molar-refractivity contribution < 1.29 is 9.53 Å². The van der Waals surface area contributed by atoms with Gasteiger partial charge in [0, 0.05) is 17.1 Å². The van der Waals surface area contributed by atoms with Crippen molar-refractivity contribution in [3.8, 4) is 5.75 Å². The molecule has 1 fully saturated rings. The molecule has 1 saturated carbocycles. The smallest absolute Gasteiger partial charge is 0.258 e. The Labute approximate surface area is 129 Å². The molecule has 2 rings (SSSR count). The second kappa shape index (κ2) is 7.19. The van der Waals surface area contributed by atoms with Crippen LogP contribution in [0.1, 0.15) is 32.6 Å². The Morgan fingerprint density at radius 3 is 2.85 bits per heavy atom. The lowest BCUT2D eigenvalue weighted by molar-refractivity contribution is -0.124. The molecule has 110 valence electrons. The number of carbonyl (C=O) groups is 1. The third-order valence-corrected chi connectivity index (χ3v) is 4.26. The second-order valence-electron chi connectivity index (χ2n) is 5.30. The fourth-order valence-electron chi connectivity index (χ4n) is 2.51. The van der Waals surface area contributed by atoms with Crippen molar-refractivity contribution in [2.24, 2.45) is 5.92 Å². The summed E-state index contributed by atoms with van der Waals surface area (Å²) in [6.45, 7) is 2.14. The van der Waals surface area contributed by atoms with E-state index in [4.69, 9.17) is 27.9 Å². The van der Waals surface area contributed by atoms with E-state index in [1.807, 2.05) is 0 Å². The highest BCUT2D eigenvalue weighted by molar-refractivity contribution is 6.34. The first-order valence-electron chi connectivity index (χ1n) is 6.93. The van der Waals surface area contributed by atoms with Crippen molar-refractivity contribution in [1.82, 2.24) is 5.32 Å². The minimum atomic E-state index is -0.111. The van der Waals surface area contributed by atoms with Crippen LogP contribution in [0.2, 0.25) is 10.0 Å². The van der Waals surface area contributed by atoms with Crippen molar-refractivity contribution in [3.05, 3.63) is 28.2 Å². The van der Waals surface area contributed by atoms with Gasteiger partial charge in [-0.15, -0.1) is 0 Å². The van der Waals surface area contributed by atoms with Crippen molar-refractivity contribution in [3.63, 3.8) is 0 Å². The minimum absolute atomic E-state index is 0.0384. The van der Waals surface area contributed by atoms with Crippen molar-refractivity contribution in [2.45, 2.75) is 38.6 Å². The van der Waals surface area contributed by atoms with Gasteiger partial charge in [0.05, 0.1) is 5.02 Å². The lowest BCUT2D eigenvalue weighted by atomic mass is 9.86. The Bertz CT molecular complexity index is 479. The molecule has 5 heteroatoms. The number of nitrogens with one attached hydrogen (secondary N) is 1. The average molecular weight is 316 g/mol. The Hall–Kier alpha value is -0.930. The highest BCUT2D eigenvalue weighted by atomic mass is 35.5. The van der Waals surface area contributed by atoms with Crippen LogP contribution < -0.4 is 10.1 Å². The van der Waals surface area contributed by atoms with Crippen LogP contribution in [0.5, 0.6) is 5.75 Å². The number of hydrogen-bond acceptors (Lipinski definition) is 2. The maximum Gasteiger partial charge on any atom is 0.258 e. The summed E-state index contributed by atoms with van der Waals surface area (Å²) >= 11 is 11.8. The van der Waals surface area contributed by atoms with Crippen LogP contribution in [-0.2, 0) is 4.79 Å². The number of carbonyl (C=O) groups excluding carboxylic acids is 1. The molecule has 1 N–H and O–H groups in total. The molecule has 0 radical (unpaired) electrons. The van der Waals surface area contributed by atoms with Crippen LogP contribution in [0.15, 0.2) is 18.2 Å². The summed E-state index contributed by atoms with van der Waals surface area (Å²) in [4.78, 5) is 11.9. The number of rotatable bonds is 4. The van der Waals surface area contributed by atoms with Gasteiger partial charge in [-0.1, -0.05) is 43.0 Å². The molecule has 0 heterocycles. The van der Waals surface area contributed by atoms with Gasteiger partial charge in [0.1, 0.15) is 5.75 Å². The Morgan fingerprint density at radius 2 is 2.10 bits per heavy atom. The van der Waals surface area contributed by atoms with Gasteiger partial charge >= 0.3 is 0 Å². The van der Waals surface area contributed by atoms with E-state index < -0.39 is 0 Å². The summed E-state index contributed by atoms with van der Waals surface area (Å²) in [7, 11) is 0. The molecule has 20 heavy (non-hydrogen) atoms. The third-order valence-electron chi connectivity index (χ3n) is 3.71. The van der Waals surface area contributed by atoms with Gasteiger partial charge in [0.2, 0.25) is 0 Å². The molecule has 0 bridgehead atoms. The Morgan fingerprint density at radius 1 is 1.35 bits per heavy atom. The summed E-state index contributed by atoms with van der Waals surface area (Å²) < 4.78 is 5.43. The van der Waals surface area contributed by atoms with E-state index in [0.29, 0.717) is 21.7 Å². The van der Waals surface area contributed by atoms with E-state index in [2.05, 4.69) is 12.2 Å². The second-order valence-corrected chi connectivity index (χ2v) is 6.14. The molecule has 1 aromatic rings. The Balaban J connectivity index is 1.84. The van der Waals surface area contributed by atoms with E-state index in [9.17, 15) is 4.79 Å². The zero-order valence-corrected chi connectivity index (χ0v) is 13.0. The van der Waals surface area contributed by atoms with Gasteiger partial charge < -0.3 is 10.1 Å². The van der Waals surface area contributed by atoms with Gasteiger partial charge in [0.25, 0.3) is 5.91 Å². The fraction of sp³-hybridized carbons (Fsp3) is 0.533. The zero-order chi connectivity index (χ0) is 14.5. The molecule has 1 amide bonds. The van der Waals surface area contributed by atoms with Gasteiger partial charge in [-0.25, -0.2) is 0 Å². The van der Waals surface area contributed by atoms with Crippen LogP contribution in [-0.4, -0.2) is 18.6 Å². The first-order chi connectivity index (χ1) is 9.56. The van der Waals surface area contributed by atoms with Crippen molar-refractivity contribution in [2.75, 3.05) is 6.61 Å². The van der Waals surface area contributed by atoms with Gasteiger partial charge in [0.15, 0.2) is 6.61 Å². The standard InChI is InChI=1S/C15H19Cl2NO2/c1-10-4-2-3-5-13(10)18-15(19)9-20-14-8-11(16)6-7-12(14)17/h6-8,10,13H,2-5,9H2,1H3,(H,18,19)/t10-,13+/m0/s1. The van der Waals surface area contributed by atoms with Crippen LogP contribution >= 0.6 is 23.2 Å².